The summed E-state index contributed by atoms with van der Waals surface area (Å²) in [5.74, 6) is 0.453. The number of nitrogens with two attached hydrogens (primary N) is 1. The maximum absolute atomic E-state index is 13.1. The molecule has 0 saturated heterocycles. The van der Waals surface area contributed by atoms with E-state index in [2.05, 4.69) is 20.5 Å². The zero-order valence-corrected chi connectivity index (χ0v) is 11.1. The topological polar surface area (TPSA) is 95.7 Å². The Labute approximate surface area is 119 Å². The second kappa shape index (κ2) is 5.80. The van der Waals surface area contributed by atoms with Crippen molar-refractivity contribution in [1.29, 1.82) is 0 Å². The highest BCUT2D eigenvalue weighted by atomic mass is 19.1. The fourth-order valence-corrected chi connectivity index (χ4v) is 1.90. The molecule has 1 aromatic carbocycles. The summed E-state index contributed by atoms with van der Waals surface area (Å²) in [7, 11) is 0. The van der Waals surface area contributed by atoms with Gasteiger partial charge in [-0.05, 0) is 17.7 Å². The Kier molecular flexibility index (Phi) is 3.69. The lowest BCUT2D eigenvalue weighted by Crippen LogP contribution is -2.10. The molecule has 0 amide bonds. The molecule has 0 spiro atoms. The van der Waals surface area contributed by atoms with Gasteiger partial charge in [0.1, 0.15) is 5.82 Å². The first kappa shape index (κ1) is 13.4. The molecule has 0 saturated carbocycles. The van der Waals surface area contributed by atoms with Crippen molar-refractivity contribution in [2.75, 3.05) is 6.54 Å². The monoisotopic (exact) mass is 288 g/mol. The van der Waals surface area contributed by atoms with Gasteiger partial charge in [-0.1, -0.05) is 22.5 Å². The van der Waals surface area contributed by atoms with E-state index in [-0.39, 0.29) is 11.7 Å². The molecule has 0 unspecified atom stereocenters. The van der Waals surface area contributed by atoms with Crippen LogP contribution in [0.1, 0.15) is 11.4 Å². The van der Waals surface area contributed by atoms with Gasteiger partial charge < -0.3 is 10.3 Å². The molecule has 0 atom stereocenters. The van der Waals surface area contributed by atoms with Crippen LogP contribution in [-0.2, 0) is 13.0 Å². The quantitative estimate of drug-likeness (QED) is 0.753. The predicted molar refractivity (Wildman–Crippen MR) is 71.6 cm³/mol. The molecule has 7 nitrogen and oxygen atoms in total. The van der Waals surface area contributed by atoms with Crippen LogP contribution in [0.25, 0.3) is 11.6 Å². The number of halogens is 1. The zero-order valence-electron chi connectivity index (χ0n) is 11.1. The van der Waals surface area contributed by atoms with E-state index in [9.17, 15) is 4.39 Å². The Morgan fingerprint density at radius 1 is 1.33 bits per heavy atom. The Morgan fingerprint density at radius 3 is 3.05 bits per heavy atom. The molecule has 0 aliphatic rings. The molecule has 3 aromatic rings. The van der Waals surface area contributed by atoms with Crippen LogP contribution in [0.2, 0.25) is 0 Å². The van der Waals surface area contributed by atoms with Crippen LogP contribution in [0.15, 0.2) is 35.0 Å². The van der Waals surface area contributed by atoms with Crippen LogP contribution >= 0.6 is 0 Å². The van der Waals surface area contributed by atoms with Crippen molar-refractivity contribution in [3.8, 4) is 11.6 Å². The SMILES string of the molecule is NCCn1cc(-c2nc(Cc3cccc(F)c3)no2)nn1. The largest absolute Gasteiger partial charge is 0.332 e. The van der Waals surface area contributed by atoms with E-state index in [1.807, 2.05) is 0 Å². The molecule has 0 bridgehead atoms. The van der Waals surface area contributed by atoms with E-state index in [1.165, 1.54) is 12.1 Å². The summed E-state index contributed by atoms with van der Waals surface area (Å²) >= 11 is 0. The van der Waals surface area contributed by atoms with Crippen LogP contribution in [0, 0.1) is 5.82 Å². The van der Waals surface area contributed by atoms with E-state index >= 15 is 0 Å². The predicted octanol–water partition coefficient (Wildman–Crippen LogP) is 1.02. The average Bonchev–Trinajstić information content (AvgIpc) is 3.08. The number of aromatic nitrogens is 5. The minimum absolute atomic E-state index is 0.282. The molecule has 108 valence electrons. The van der Waals surface area contributed by atoms with Crippen molar-refractivity contribution in [3.05, 3.63) is 47.7 Å². The van der Waals surface area contributed by atoms with Gasteiger partial charge in [0.15, 0.2) is 11.5 Å². The second-order valence-electron chi connectivity index (χ2n) is 4.48. The summed E-state index contributed by atoms with van der Waals surface area (Å²) in [6.07, 6.45) is 2.07. The van der Waals surface area contributed by atoms with Gasteiger partial charge in [0.05, 0.1) is 12.7 Å². The fraction of sp³-hybridized carbons (Fsp3) is 0.231. The van der Waals surface area contributed by atoms with Gasteiger partial charge in [-0.15, -0.1) is 5.10 Å². The molecule has 0 radical (unpaired) electrons. The molecule has 2 aromatic heterocycles. The smallest absolute Gasteiger partial charge is 0.280 e. The average molecular weight is 288 g/mol. The van der Waals surface area contributed by atoms with E-state index in [0.717, 1.165) is 5.56 Å². The van der Waals surface area contributed by atoms with Crippen LogP contribution < -0.4 is 5.73 Å². The lowest BCUT2D eigenvalue weighted by atomic mass is 10.1. The molecular formula is C13H13FN6O. The van der Waals surface area contributed by atoms with E-state index in [0.29, 0.717) is 31.0 Å². The fourth-order valence-electron chi connectivity index (χ4n) is 1.90. The summed E-state index contributed by atoms with van der Waals surface area (Å²) < 4.78 is 19.9. The van der Waals surface area contributed by atoms with Crippen LogP contribution in [0.5, 0.6) is 0 Å². The Bertz CT molecular complexity index is 738. The van der Waals surface area contributed by atoms with Crippen molar-refractivity contribution < 1.29 is 8.91 Å². The number of rotatable bonds is 5. The summed E-state index contributed by atoms with van der Waals surface area (Å²) in [6, 6.07) is 6.27. The highest BCUT2D eigenvalue weighted by molar-refractivity contribution is 5.43. The molecule has 8 heteroatoms. The molecule has 2 N–H and O–H groups in total. The molecule has 21 heavy (non-hydrogen) atoms. The van der Waals surface area contributed by atoms with Gasteiger partial charge in [-0.25, -0.2) is 4.39 Å². The summed E-state index contributed by atoms with van der Waals surface area (Å²) in [5.41, 5.74) is 6.70. The van der Waals surface area contributed by atoms with Crippen molar-refractivity contribution in [2.24, 2.45) is 5.73 Å². The summed E-state index contributed by atoms with van der Waals surface area (Å²) in [4.78, 5) is 4.23. The van der Waals surface area contributed by atoms with Gasteiger partial charge in [0, 0.05) is 13.0 Å². The first-order valence-corrected chi connectivity index (χ1v) is 6.42. The van der Waals surface area contributed by atoms with Crippen molar-refractivity contribution in [3.63, 3.8) is 0 Å². The van der Waals surface area contributed by atoms with E-state index in [1.54, 1.807) is 23.0 Å². The van der Waals surface area contributed by atoms with Gasteiger partial charge in [-0.3, -0.25) is 4.68 Å². The number of benzene rings is 1. The molecule has 0 fully saturated rings. The van der Waals surface area contributed by atoms with Crippen LogP contribution in [0.4, 0.5) is 4.39 Å². The third-order valence-electron chi connectivity index (χ3n) is 2.84. The molecular weight excluding hydrogens is 275 g/mol. The van der Waals surface area contributed by atoms with Gasteiger partial charge in [0.2, 0.25) is 0 Å². The number of hydrogen-bond donors (Lipinski definition) is 1. The first-order valence-electron chi connectivity index (χ1n) is 6.42. The maximum atomic E-state index is 13.1. The lowest BCUT2D eigenvalue weighted by Gasteiger charge is -1.95. The van der Waals surface area contributed by atoms with Crippen molar-refractivity contribution >= 4 is 0 Å². The summed E-state index contributed by atoms with van der Waals surface area (Å²) in [6.45, 7) is 1.04. The van der Waals surface area contributed by atoms with Crippen LogP contribution in [0.3, 0.4) is 0 Å². The third kappa shape index (κ3) is 3.11. The number of nitrogens with zero attached hydrogens (tertiary/aromatic N) is 5. The van der Waals surface area contributed by atoms with Gasteiger partial charge in [0.25, 0.3) is 5.89 Å². The molecule has 0 aliphatic carbocycles. The first-order chi connectivity index (χ1) is 10.2. The van der Waals surface area contributed by atoms with Gasteiger partial charge in [-0.2, -0.15) is 4.98 Å². The third-order valence-corrected chi connectivity index (χ3v) is 2.84. The van der Waals surface area contributed by atoms with Crippen LogP contribution in [-0.4, -0.2) is 31.7 Å². The Balaban J connectivity index is 1.76. The van der Waals surface area contributed by atoms with Gasteiger partial charge >= 0.3 is 0 Å². The Hall–Kier alpha value is -2.61. The molecule has 0 aliphatic heterocycles. The van der Waals surface area contributed by atoms with E-state index < -0.39 is 0 Å². The normalized spacial score (nSPS) is 11.0. The van der Waals surface area contributed by atoms with E-state index in [4.69, 9.17) is 10.3 Å². The molecule has 2 heterocycles. The minimum atomic E-state index is -0.291. The standard InChI is InChI=1S/C13H13FN6O/c14-10-3-1-2-9(6-10)7-12-16-13(21-18-12)11-8-20(5-4-15)19-17-11/h1-3,6,8H,4-5,7,15H2. The molecule has 3 rings (SSSR count). The summed E-state index contributed by atoms with van der Waals surface area (Å²) in [5, 5.41) is 11.7. The second-order valence-corrected chi connectivity index (χ2v) is 4.48. The highest BCUT2D eigenvalue weighted by Gasteiger charge is 2.13. The Morgan fingerprint density at radius 2 is 2.24 bits per heavy atom. The minimum Gasteiger partial charge on any atom is -0.332 e. The lowest BCUT2D eigenvalue weighted by molar-refractivity contribution is 0.422. The highest BCUT2D eigenvalue weighted by Crippen LogP contribution is 2.15. The van der Waals surface area contributed by atoms with Crippen molar-refractivity contribution in [1.82, 2.24) is 25.1 Å². The number of hydrogen-bond acceptors (Lipinski definition) is 6. The zero-order chi connectivity index (χ0) is 14.7. The van der Waals surface area contributed by atoms with Crippen molar-refractivity contribution in [2.45, 2.75) is 13.0 Å². The maximum Gasteiger partial charge on any atom is 0.280 e.